The molecule has 0 saturated heterocycles. The fourth-order valence-electron chi connectivity index (χ4n) is 1.59. The molecule has 0 bridgehead atoms. The quantitative estimate of drug-likeness (QED) is 0.810. The summed E-state index contributed by atoms with van der Waals surface area (Å²) in [5.74, 6) is 0.397. The van der Waals surface area contributed by atoms with Gasteiger partial charge in [-0.05, 0) is 18.2 Å². The molecule has 8 heteroatoms. The maximum atomic E-state index is 12.3. The van der Waals surface area contributed by atoms with Gasteiger partial charge in [0.1, 0.15) is 4.99 Å². The van der Waals surface area contributed by atoms with Gasteiger partial charge in [-0.1, -0.05) is 24.4 Å². The molecule has 0 atom stereocenters. The summed E-state index contributed by atoms with van der Waals surface area (Å²) in [5.41, 5.74) is 6.32. The lowest BCUT2D eigenvalue weighted by atomic mass is 10.2. The molecule has 3 N–H and O–H groups in total. The lowest BCUT2D eigenvalue weighted by Gasteiger charge is -2.09. The van der Waals surface area contributed by atoms with Gasteiger partial charge in [-0.2, -0.15) is 0 Å². The number of nitrogens with one attached hydrogen (secondary N) is 1. The van der Waals surface area contributed by atoms with Gasteiger partial charge in [-0.3, -0.25) is 4.72 Å². The zero-order chi connectivity index (χ0) is 15.5. The van der Waals surface area contributed by atoms with Crippen molar-refractivity contribution in [2.75, 3.05) is 11.8 Å². The van der Waals surface area contributed by atoms with E-state index in [1.54, 1.807) is 24.3 Å². The van der Waals surface area contributed by atoms with E-state index in [1.807, 2.05) is 0 Å². The lowest BCUT2D eigenvalue weighted by Crippen LogP contribution is -2.15. The van der Waals surface area contributed by atoms with Crippen LogP contribution in [-0.4, -0.2) is 25.5 Å². The molecule has 2 rings (SSSR count). The smallest absolute Gasteiger partial charge is 0.261 e. The molecule has 0 aliphatic heterocycles. The Morgan fingerprint density at radius 2 is 2.10 bits per heavy atom. The zero-order valence-electron chi connectivity index (χ0n) is 11.1. The molecule has 0 aliphatic rings. The van der Waals surface area contributed by atoms with Crippen molar-refractivity contribution >= 4 is 32.9 Å². The first kappa shape index (κ1) is 15.2. The molecule has 1 aromatic carbocycles. The summed E-state index contributed by atoms with van der Waals surface area (Å²) in [7, 11) is -2.26. The van der Waals surface area contributed by atoms with Crippen LogP contribution in [0, 0.1) is 0 Å². The maximum absolute atomic E-state index is 12.3. The summed E-state index contributed by atoms with van der Waals surface area (Å²) in [5, 5.41) is 0. The van der Waals surface area contributed by atoms with Crippen LogP contribution >= 0.6 is 12.2 Å². The number of benzene rings is 1. The number of nitrogens with two attached hydrogens (primary N) is 1. The van der Waals surface area contributed by atoms with Gasteiger partial charge in [-0.25, -0.2) is 13.4 Å². The van der Waals surface area contributed by atoms with E-state index in [0.717, 1.165) is 0 Å². The molecular formula is C13H13N3O3S2. The minimum absolute atomic E-state index is 0.0728. The molecule has 0 radical (unpaired) electrons. The SMILES string of the molecule is COc1ccc(NS(=O)(=O)c2cccc(C(N)=S)c2)cn1. The largest absolute Gasteiger partial charge is 0.481 e. The van der Waals surface area contributed by atoms with Gasteiger partial charge in [0, 0.05) is 11.6 Å². The van der Waals surface area contributed by atoms with Gasteiger partial charge in [0.05, 0.1) is 23.9 Å². The van der Waals surface area contributed by atoms with E-state index in [4.69, 9.17) is 22.7 Å². The minimum atomic E-state index is -3.73. The third kappa shape index (κ3) is 3.67. The van der Waals surface area contributed by atoms with Crippen LogP contribution in [0.5, 0.6) is 5.88 Å². The summed E-state index contributed by atoms with van der Waals surface area (Å²) in [6.45, 7) is 0. The molecule has 0 fully saturated rings. The molecule has 1 heterocycles. The molecule has 0 aliphatic carbocycles. The van der Waals surface area contributed by atoms with Crippen molar-refractivity contribution in [3.8, 4) is 5.88 Å². The van der Waals surface area contributed by atoms with Gasteiger partial charge < -0.3 is 10.5 Å². The normalized spacial score (nSPS) is 10.9. The number of sulfonamides is 1. The standard InChI is InChI=1S/C13H13N3O3S2/c1-19-12-6-5-10(8-15-12)16-21(17,18)11-4-2-3-9(7-11)13(14)20/h2-8,16H,1H3,(H2,14,20). The van der Waals surface area contributed by atoms with E-state index in [0.29, 0.717) is 17.1 Å². The van der Waals surface area contributed by atoms with Crippen molar-refractivity contribution in [2.45, 2.75) is 4.90 Å². The van der Waals surface area contributed by atoms with Crippen LogP contribution < -0.4 is 15.2 Å². The molecule has 6 nitrogen and oxygen atoms in total. The molecule has 0 amide bonds. The topological polar surface area (TPSA) is 94.3 Å². The number of methoxy groups -OCH3 is 1. The molecule has 1 aromatic heterocycles. The first-order valence-electron chi connectivity index (χ1n) is 5.85. The highest BCUT2D eigenvalue weighted by atomic mass is 32.2. The Morgan fingerprint density at radius 1 is 1.33 bits per heavy atom. The Morgan fingerprint density at radius 3 is 2.67 bits per heavy atom. The van der Waals surface area contributed by atoms with Crippen molar-refractivity contribution in [1.82, 2.24) is 4.98 Å². The predicted molar refractivity (Wildman–Crippen MR) is 83.9 cm³/mol. The Bertz CT molecular complexity index is 758. The van der Waals surface area contributed by atoms with Crippen LogP contribution in [0.3, 0.4) is 0 Å². The van der Waals surface area contributed by atoms with E-state index in [9.17, 15) is 8.42 Å². The number of rotatable bonds is 5. The van der Waals surface area contributed by atoms with Crippen LogP contribution in [0.25, 0.3) is 0 Å². The lowest BCUT2D eigenvalue weighted by molar-refractivity contribution is 0.398. The van der Waals surface area contributed by atoms with Crippen LogP contribution in [-0.2, 0) is 10.0 Å². The first-order chi connectivity index (χ1) is 9.92. The molecule has 110 valence electrons. The van der Waals surface area contributed by atoms with Crippen molar-refractivity contribution in [2.24, 2.45) is 5.73 Å². The van der Waals surface area contributed by atoms with Gasteiger partial charge in [-0.15, -0.1) is 0 Å². The highest BCUT2D eigenvalue weighted by Gasteiger charge is 2.15. The average molecular weight is 323 g/mol. The number of hydrogen-bond acceptors (Lipinski definition) is 5. The van der Waals surface area contributed by atoms with E-state index in [2.05, 4.69) is 9.71 Å². The van der Waals surface area contributed by atoms with Crippen molar-refractivity contribution in [3.05, 3.63) is 48.2 Å². The molecule has 2 aromatic rings. The Balaban J connectivity index is 2.29. The van der Waals surface area contributed by atoms with E-state index in [-0.39, 0.29) is 9.88 Å². The van der Waals surface area contributed by atoms with Crippen LogP contribution in [0.4, 0.5) is 5.69 Å². The summed E-state index contributed by atoms with van der Waals surface area (Å²) in [4.78, 5) is 4.14. The Labute approximate surface area is 128 Å². The summed E-state index contributed by atoms with van der Waals surface area (Å²) in [6.07, 6.45) is 1.37. The van der Waals surface area contributed by atoms with Crippen LogP contribution in [0.2, 0.25) is 0 Å². The monoisotopic (exact) mass is 323 g/mol. The predicted octanol–water partition coefficient (Wildman–Crippen LogP) is 1.53. The van der Waals surface area contributed by atoms with Gasteiger partial charge in [0.2, 0.25) is 5.88 Å². The van der Waals surface area contributed by atoms with Crippen molar-refractivity contribution in [3.63, 3.8) is 0 Å². The van der Waals surface area contributed by atoms with E-state index >= 15 is 0 Å². The average Bonchev–Trinajstić information content (AvgIpc) is 2.48. The summed E-state index contributed by atoms with van der Waals surface area (Å²) >= 11 is 4.84. The molecular weight excluding hydrogens is 310 g/mol. The molecule has 21 heavy (non-hydrogen) atoms. The number of nitrogens with zero attached hydrogens (tertiary/aromatic N) is 1. The molecule has 0 spiro atoms. The number of anilines is 1. The summed E-state index contributed by atoms with van der Waals surface area (Å²) < 4.78 is 31.9. The van der Waals surface area contributed by atoms with E-state index < -0.39 is 10.0 Å². The van der Waals surface area contributed by atoms with Gasteiger partial charge in [0.15, 0.2) is 0 Å². The van der Waals surface area contributed by atoms with Gasteiger partial charge >= 0.3 is 0 Å². The highest BCUT2D eigenvalue weighted by Crippen LogP contribution is 2.18. The Kier molecular flexibility index (Phi) is 4.39. The second-order valence-electron chi connectivity index (χ2n) is 4.09. The van der Waals surface area contributed by atoms with Crippen LogP contribution in [0.1, 0.15) is 5.56 Å². The fraction of sp³-hybridized carbons (Fsp3) is 0.0769. The number of thiocarbonyl (C=S) groups is 1. The minimum Gasteiger partial charge on any atom is -0.481 e. The number of hydrogen-bond donors (Lipinski definition) is 2. The molecule has 0 saturated carbocycles. The maximum Gasteiger partial charge on any atom is 0.261 e. The number of ether oxygens (including phenoxy) is 1. The second kappa shape index (κ2) is 6.06. The second-order valence-corrected chi connectivity index (χ2v) is 6.21. The van der Waals surface area contributed by atoms with Crippen molar-refractivity contribution < 1.29 is 13.2 Å². The van der Waals surface area contributed by atoms with Crippen molar-refractivity contribution in [1.29, 1.82) is 0 Å². The third-order valence-corrected chi connectivity index (χ3v) is 4.24. The number of pyridine rings is 1. The van der Waals surface area contributed by atoms with Crippen LogP contribution in [0.15, 0.2) is 47.5 Å². The fourth-order valence-corrected chi connectivity index (χ4v) is 2.81. The van der Waals surface area contributed by atoms with E-state index in [1.165, 1.54) is 25.4 Å². The highest BCUT2D eigenvalue weighted by molar-refractivity contribution is 7.92. The first-order valence-corrected chi connectivity index (χ1v) is 7.74. The van der Waals surface area contributed by atoms with Gasteiger partial charge in [0.25, 0.3) is 10.0 Å². The third-order valence-electron chi connectivity index (χ3n) is 2.63. The zero-order valence-corrected chi connectivity index (χ0v) is 12.7. The molecule has 0 unspecified atom stereocenters. The summed E-state index contributed by atoms with van der Waals surface area (Å²) in [6, 6.07) is 9.22. The number of aromatic nitrogens is 1. The Hall–Kier alpha value is -2.19.